The van der Waals surface area contributed by atoms with Crippen molar-refractivity contribution in [1.82, 2.24) is 9.97 Å². The van der Waals surface area contributed by atoms with Crippen molar-refractivity contribution in [2.24, 2.45) is 9.98 Å². The van der Waals surface area contributed by atoms with Crippen LogP contribution in [0.2, 0.25) is 5.28 Å². The van der Waals surface area contributed by atoms with E-state index in [2.05, 4.69) is 33.4 Å². The number of hydrogen-bond donors (Lipinski definition) is 0. The van der Waals surface area contributed by atoms with Crippen molar-refractivity contribution in [3.63, 3.8) is 0 Å². The first kappa shape index (κ1) is 9.54. The maximum atomic E-state index is 5.59. The van der Waals surface area contributed by atoms with Gasteiger partial charge in [-0.05, 0) is 31.1 Å². The molecule has 0 fully saturated rings. The molecular weight excluding hydrogens is 188 g/mol. The Kier molecular flexibility index (Phi) is 3.28. The molecule has 13 heavy (non-hydrogen) atoms. The van der Waals surface area contributed by atoms with Gasteiger partial charge in [0, 0.05) is 6.20 Å². The highest BCUT2D eigenvalue weighted by molar-refractivity contribution is 6.28. The fourth-order valence-corrected chi connectivity index (χ4v) is 0.899. The lowest BCUT2D eigenvalue weighted by Crippen LogP contribution is -1.88. The Morgan fingerprint density at radius 1 is 1.54 bits per heavy atom. The standard InChI is InChI=1S/C8H7ClN4/c1-10-5-7(11-2)6-3-4-12-8(9)13-6/h3-5H,1-2H2/b7-5-. The van der Waals surface area contributed by atoms with E-state index < -0.39 is 0 Å². The number of hydrogen-bond acceptors (Lipinski definition) is 4. The van der Waals surface area contributed by atoms with E-state index in [9.17, 15) is 0 Å². The lowest BCUT2D eigenvalue weighted by molar-refractivity contribution is 1.13. The topological polar surface area (TPSA) is 50.5 Å². The van der Waals surface area contributed by atoms with Crippen LogP contribution in [0.15, 0.2) is 28.4 Å². The first-order valence-electron chi connectivity index (χ1n) is 3.39. The van der Waals surface area contributed by atoms with Gasteiger partial charge in [-0.15, -0.1) is 0 Å². The number of rotatable bonds is 3. The Morgan fingerprint density at radius 2 is 2.31 bits per heavy atom. The van der Waals surface area contributed by atoms with Crippen LogP contribution in [0.3, 0.4) is 0 Å². The highest BCUT2D eigenvalue weighted by atomic mass is 35.5. The van der Waals surface area contributed by atoms with Gasteiger partial charge < -0.3 is 0 Å². The fraction of sp³-hybridized carbons (Fsp3) is 0. The van der Waals surface area contributed by atoms with Gasteiger partial charge in [-0.1, -0.05) is 0 Å². The molecule has 0 aromatic carbocycles. The molecule has 0 radical (unpaired) electrons. The minimum atomic E-state index is 0.163. The maximum absolute atomic E-state index is 5.59. The first-order valence-corrected chi connectivity index (χ1v) is 3.77. The van der Waals surface area contributed by atoms with E-state index in [-0.39, 0.29) is 5.28 Å². The molecule has 1 aromatic rings. The highest BCUT2D eigenvalue weighted by Crippen LogP contribution is 2.13. The van der Waals surface area contributed by atoms with Gasteiger partial charge >= 0.3 is 0 Å². The van der Waals surface area contributed by atoms with E-state index in [0.717, 1.165) is 0 Å². The Labute approximate surface area is 80.7 Å². The van der Waals surface area contributed by atoms with Crippen molar-refractivity contribution in [1.29, 1.82) is 0 Å². The summed E-state index contributed by atoms with van der Waals surface area (Å²) in [6, 6.07) is 1.66. The quantitative estimate of drug-likeness (QED) is 0.545. The van der Waals surface area contributed by atoms with Crippen molar-refractivity contribution in [3.05, 3.63) is 29.4 Å². The smallest absolute Gasteiger partial charge is 0.222 e. The van der Waals surface area contributed by atoms with Crippen molar-refractivity contribution in [2.45, 2.75) is 0 Å². The molecule has 0 aliphatic carbocycles. The van der Waals surface area contributed by atoms with E-state index in [1.54, 1.807) is 6.07 Å². The van der Waals surface area contributed by atoms with Gasteiger partial charge in [-0.3, -0.25) is 9.98 Å². The van der Waals surface area contributed by atoms with Crippen LogP contribution >= 0.6 is 11.6 Å². The molecule has 0 spiro atoms. The van der Waals surface area contributed by atoms with Crippen LogP contribution in [0.4, 0.5) is 0 Å². The molecule has 0 unspecified atom stereocenters. The molecule has 0 aliphatic rings. The average molecular weight is 195 g/mol. The number of halogens is 1. The van der Waals surface area contributed by atoms with Crippen molar-refractivity contribution in [2.75, 3.05) is 0 Å². The second-order valence-corrected chi connectivity index (χ2v) is 2.40. The van der Waals surface area contributed by atoms with Crippen molar-refractivity contribution < 1.29 is 0 Å². The summed E-state index contributed by atoms with van der Waals surface area (Å²) in [6.07, 6.45) is 2.98. The van der Waals surface area contributed by atoms with Gasteiger partial charge in [-0.2, -0.15) is 0 Å². The average Bonchev–Trinajstić information content (AvgIpc) is 2.14. The molecule has 1 heterocycles. The number of nitrogens with zero attached hydrogens (tertiary/aromatic N) is 4. The van der Waals surface area contributed by atoms with Gasteiger partial charge in [0.25, 0.3) is 0 Å². The van der Waals surface area contributed by atoms with E-state index in [0.29, 0.717) is 11.4 Å². The zero-order valence-electron chi connectivity index (χ0n) is 6.81. The van der Waals surface area contributed by atoms with E-state index in [1.807, 2.05) is 0 Å². The van der Waals surface area contributed by atoms with E-state index >= 15 is 0 Å². The number of aliphatic imine (C=N–C) groups is 2. The molecule has 66 valence electrons. The zero-order valence-corrected chi connectivity index (χ0v) is 7.57. The van der Waals surface area contributed by atoms with Crippen LogP contribution in [-0.4, -0.2) is 23.4 Å². The van der Waals surface area contributed by atoms with Crippen LogP contribution in [0.5, 0.6) is 0 Å². The third-order valence-electron chi connectivity index (χ3n) is 1.27. The second-order valence-electron chi connectivity index (χ2n) is 2.07. The third-order valence-corrected chi connectivity index (χ3v) is 1.45. The minimum Gasteiger partial charge on any atom is -0.270 e. The Balaban J connectivity index is 3.12. The molecule has 0 saturated carbocycles. The van der Waals surface area contributed by atoms with E-state index in [4.69, 9.17) is 11.6 Å². The van der Waals surface area contributed by atoms with Crippen LogP contribution in [0.1, 0.15) is 5.69 Å². The molecule has 4 nitrogen and oxygen atoms in total. The van der Waals surface area contributed by atoms with Crippen LogP contribution in [0.25, 0.3) is 5.70 Å². The van der Waals surface area contributed by atoms with Crippen molar-refractivity contribution >= 4 is 30.7 Å². The normalized spacial score (nSPS) is 11.0. The highest BCUT2D eigenvalue weighted by Gasteiger charge is 2.00. The lowest BCUT2D eigenvalue weighted by Gasteiger charge is -1.97. The predicted molar refractivity (Wildman–Crippen MR) is 54.1 cm³/mol. The lowest BCUT2D eigenvalue weighted by atomic mass is 10.3. The molecule has 0 saturated heterocycles. The molecule has 0 atom stereocenters. The summed E-state index contributed by atoms with van der Waals surface area (Å²) in [4.78, 5) is 14.9. The molecule has 1 aromatic heterocycles. The van der Waals surface area contributed by atoms with E-state index in [1.165, 1.54) is 12.4 Å². The summed E-state index contributed by atoms with van der Waals surface area (Å²) < 4.78 is 0. The summed E-state index contributed by atoms with van der Waals surface area (Å²) in [5, 5.41) is 0.163. The van der Waals surface area contributed by atoms with Gasteiger partial charge in [-0.25, -0.2) is 9.97 Å². The monoisotopic (exact) mass is 194 g/mol. The Hall–Kier alpha value is -1.55. The first-order chi connectivity index (χ1) is 6.27. The summed E-state index contributed by atoms with van der Waals surface area (Å²) in [5.74, 6) is 0. The molecule has 1 rings (SSSR count). The predicted octanol–water partition coefficient (Wildman–Crippen LogP) is 1.83. The summed E-state index contributed by atoms with van der Waals surface area (Å²) >= 11 is 5.59. The van der Waals surface area contributed by atoms with Gasteiger partial charge in [0.05, 0.1) is 11.9 Å². The summed E-state index contributed by atoms with van der Waals surface area (Å²) in [6.45, 7) is 6.68. The van der Waals surface area contributed by atoms with Gasteiger partial charge in [0.15, 0.2) is 0 Å². The molecular formula is C8H7ClN4. The zero-order chi connectivity index (χ0) is 9.68. The largest absolute Gasteiger partial charge is 0.270 e. The molecule has 0 amide bonds. The fourth-order valence-electron chi connectivity index (χ4n) is 0.752. The molecule has 0 bridgehead atoms. The molecule has 0 N–H and O–H groups in total. The van der Waals surface area contributed by atoms with Crippen LogP contribution in [-0.2, 0) is 0 Å². The van der Waals surface area contributed by atoms with Crippen LogP contribution in [0, 0.1) is 0 Å². The van der Waals surface area contributed by atoms with Crippen molar-refractivity contribution in [3.8, 4) is 0 Å². The SMILES string of the molecule is C=N/C=C(\N=C)c1ccnc(Cl)n1. The summed E-state index contributed by atoms with van der Waals surface area (Å²) in [7, 11) is 0. The summed E-state index contributed by atoms with van der Waals surface area (Å²) in [5.41, 5.74) is 1.08. The number of aromatic nitrogens is 2. The van der Waals surface area contributed by atoms with Gasteiger partial charge in [0.2, 0.25) is 5.28 Å². The molecule has 5 heteroatoms. The molecule has 0 aliphatic heterocycles. The third kappa shape index (κ3) is 2.45. The Morgan fingerprint density at radius 3 is 2.85 bits per heavy atom. The second kappa shape index (κ2) is 4.47. The van der Waals surface area contributed by atoms with Crippen LogP contribution < -0.4 is 0 Å². The maximum Gasteiger partial charge on any atom is 0.222 e. The Bertz CT molecular complexity index is 359. The minimum absolute atomic E-state index is 0.163. The van der Waals surface area contributed by atoms with Gasteiger partial charge in [0.1, 0.15) is 5.70 Å².